The largest absolute Gasteiger partial charge is 0.262 e. The number of aliphatic imine (C=N–C) groups is 1. The van der Waals surface area contributed by atoms with Gasteiger partial charge in [0.05, 0.1) is 0 Å². The van der Waals surface area contributed by atoms with Crippen molar-refractivity contribution >= 4 is 22.6 Å². The lowest BCUT2D eigenvalue weighted by molar-refractivity contribution is 0.441. The van der Waals surface area contributed by atoms with Crippen LogP contribution in [0.5, 0.6) is 0 Å². The van der Waals surface area contributed by atoms with E-state index in [0.29, 0.717) is 11.8 Å². The van der Waals surface area contributed by atoms with Crippen molar-refractivity contribution in [1.82, 2.24) is 9.97 Å². The maximum absolute atomic E-state index is 4.78. The average Bonchev–Trinajstić information content (AvgIpc) is 3.03. The summed E-state index contributed by atoms with van der Waals surface area (Å²) in [6.45, 7) is 8.73. The summed E-state index contributed by atoms with van der Waals surface area (Å²) in [5, 5.41) is 2.08. The Kier molecular flexibility index (Phi) is 4.39. The van der Waals surface area contributed by atoms with Gasteiger partial charge in [0.25, 0.3) is 0 Å². The Bertz CT molecular complexity index is 890. The maximum atomic E-state index is 4.78. The van der Waals surface area contributed by atoms with Crippen molar-refractivity contribution in [2.75, 3.05) is 0 Å². The third-order valence-corrected chi connectivity index (χ3v) is 6.76. The minimum Gasteiger partial charge on any atom is -0.262 e. The van der Waals surface area contributed by atoms with Crippen LogP contribution < -0.4 is 0 Å². The third-order valence-electron chi connectivity index (χ3n) is 5.84. The molecule has 2 aromatic heterocycles. The van der Waals surface area contributed by atoms with Gasteiger partial charge in [-0.15, -0.1) is 11.3 Å². The number of allylic oxidation sites excluding steroid dienone is 4. The first kappa shape index (κ1) is 17.3. The van der Waals surface area contributed by atoms with Gasteiger partial charge in [-0.2, -0.15) is 0 Å². The molecule has 1 aliphatic heterocycles. The second kappa shape index (κ2) is 6.58. The molecule has 3 nitrogen and oxygen atoms in total. The van der Waals surface area contributed by atoms with Crippen LogP contribution in [0.2, 0.25) is 0 Å². The number of thiophene rings is 1. The number of hydrogen-bond donors (Lipinski definition) is 0. The van der Waals surface area contributed by atoms with Gasteiger partial charge in [0.2, 0.25) is 0 Å². The standard InChI is InChI=1S/C22H25N3S/c1-5-8-22(11-14(22)2)18-10-15(3)25-16(4)20(18)21-23-12-17(13-24-21)19-7-6-9-26-19/h5-9,12-14,18H,10-11H2,1-4H3. The normalized spacial score (nSPS) is 28.5. The highest BCUT2D eigenvalue weighted by atomic mass is 32.1. The van der Waals surface area contributed by atoms with E-state index in [1.165, 1.54) is 22.6 Å². The van der Waals surface area contributed by atoms with Crippen molar-refractivity contribution in [3.8, 4) is 10.4 Å². The molecule has 3 heterocycles. The van der Waals surface area contributed by atoms with E-state index in [2.05, 4.69) is 57.4 Å². The van der Waals surface area contributed by atoms with E-state index in [9.17, 15) is 0 Å². The quantitative estimate of drug-likeness (QED) is 0.623. The van der Waals surface area contributed by atoms with Gasteiger partial charge in [-0.3, -0.25) is 4.99 Å². The van der Waals surface area contributed by atoms with Gasteiger partial charge >= 0.3 is 0 Å². The lowest BCUT2D eigenvalue weighted by atomic mass is 9.75. The zero-order valence-electron chi connectivity index (χ0n) is 15.9. The summed E-state index contributed by atoms with van der Waals surface area (Å²) in [6.07, 6.45) is 10.8. The molecule has 134 valence electrons. The summed E-state index contributed by atoms with van der Waals surface area (Å²) in [4.78, 5) is 15.5. The van der Waals surface area contributed by atoms with Crippen molar-refractivity contribution in [3.63, 3.8) is 0 Å². The van der Waals surface area contributed by atoms with E-state index in [1.807, 2.05) is 12.4 Å². The molecule has 0 saturated heterocycles. The van der Waals surface area contributed by atoms with Crippen LogP contribution in [0.25, 0.3) is 16.0 Å². The van der Waals surface area contributed by atoms with Gasteiger partial charge in [-0.05, 0) is 56.4 Å². The SMILES string of the molecule is CC=CC1(C2CC(C)=NC(C)=C2c2ncc(-c3cccs3)cn2)CC1C. The third kappa shape index (κ3) is 2.86. The van der Waals surface area contributed by atoms with Crippen LogP contribution in [0.3, 0.4) is 0 Å². The molecule has 26 heavy (non-hydrogen) atoms. The summed E-state index contributed by atoms with van der Waals surface area (Å²) in [7, 11) is 0. The summed E-state index contributed by atoms with van der Waals surface area (Å²) >= 11 is 1.72. The van der Waals surface area contributed by atoms with Crippen molar-refractivity contribution < 1.29 is 0 Å². The van der Waals surface area contributed by atoms with Crippen LogP contribution in [0.4, 0.5) is 0 Å². The second-order valence-electron chi connectivity index (χ2n) is 7.59. The molecule has 3 unspecified atom stereocenters. The summed E-state index contributed by atoms with van der Waals surface area (Å²) in [5.74, 6) is 1.95. The zero-order chi connectivity index (χ0) is 18.3. The molecule has 1 aliphatic carbocycles. The first-order valence-corrected chi connectivity index (χ1v) is 10.2. The molecule has 0 bridgehead atoms. The first-order valence-electron chi connectivity index (χ1n) is 9.30. The maximum Gasteiger partial charge on any atom is 0.157 e. The van der Waals surface area contributed by atoms with Crippen molar-refractivity contribution in [3.05, 3.63) is 53.6 Å². The first-order chi connectivity index (χ1) is 12.5. The molecule has 3 atom stereocenters. The summed E-state index contributed by atoms with van der Waals surface area (Å²) < 4.78 is 0. The highest BCUT2D eigenvalue weighted by Crippen LogP contribution is 2.63. The fourth-order valence-electron chi connectivity index (χ4n) is 4.47. The molecule has 0 aromatic carbocycles. The van der Waals surface area contributed by atoms with Gasteiger partial charge < -0.3 is 0 Å². The smallest absolute Gasteiger partial charge is 0.157 e. The Morgan fingerprint density at radius 2 is 1.96 bits per heavy atom. The van der Waals surface area contributed by atoms with Crippen LogP contribution in [0.1, 0.15) is 46.4 Å². The zero-order valence-corrected chi connectivity index (χ0v) is 16.7. The lowest BCUT2D eigenvalue weighted by Gasteiger charge is -2.31. The van der Waals surface area contributed by atoms with Crippen molar-refractivity contribution in [2.45, 2.75) is 40.5 Å². The molecule has 0 spiro atoms. The van der Waals surface area contributed by atoms with Crippen LogP contribution in [0.15, 0.2) is 52.7 Å². The number of aromatic nitrogens is 2. The van der Waals surface area contributed by atoms with Crippen LogP contribution >= 0.6 is 11.3 Å². The topological polar surface area (TPSA) is 38.1 Å². The minimum absolute atomic E-state index is 0.234. The van der Waals surface area contributed by atoms with Gasteiger partial charge in [0.15, 0.2) is 5.82 Å². The molecular weight excluding hydrogens is 338 g/mol. The summed E-state index contributed by atoms with van der Waals surface area (Å²) in [5.41, 5.74) is 4.84. The molecule has 0 radical (unpaired) electrons. The molecule has 0 N–H and O–H groups in total. The Labute approximate surface area is 159 Å². The lowest BCUT2D eigenvalue weighted by Crippen LogP contribution is -2.25. The Hall–Kier alpha value is -2.07. The average molecular weight is 364 g/mol. The van der Waals surface area contributed by atoms with Crippen LogP contribution in [-0.2, 0) is 0 Å². The predicted octanol–water partition coefficient (Wildman–Crippen LogP) is 6.02. The van der Waals surface area contributed by atoms with E-state index < -0.39 is 0 Å². The molecule has 0 amide bonds. The Balaban J connectivity index is 1.75. The van der Waals surface area contributed by atoms with Gasteiger partial charge in [0.1, 0.15) is 0 Å². The van der Waals surface area contributed by atoms with E-state index in [1.54, 1.807) is 11.3 Å². The predicted molar refractivity (Wildman–Crippen MR) is 110 cm³/mol. The molecule has 2 aliphatic rings. The highest BCUT2D eigenvalue weighted by molar-refractivity contribution is 7.13. The fourth-order valence-corrected chi connectivity index (χ4v) is 5.17. The van der Waals surface area contributed by atoms with Crippen LogP contribution in [-0.4, -0.2) is 15.7 Å². The van der Waals surface area contributed by atoms with E-state index in [0.717, 1.165) is 23.5 Å². The number of hydrogen-bond acceptors (Lipinski definition) is 4. The molecule has 1 fully saturated rings. The van der Waals surface area contributed by atoms with Gasteiger partial charge in [-0.25, -0.2) is 9.97 Å². The Morgan fingerprint density at radius 3 is 2.54 bits per heavy atom. The highest BCUT2D eigenvalue weighted by Gasteiger charge is 2.56. The monoisotopic (exact) mass is 363 g/mol. The van der Waals surface area contributed by atoms with Crippen LogP contribution in [0, 0.1) is 17.3 Å². The number of nitrogens with zero attached hydrogens (tertiary/aromatic N) is 3. The summed E-state index contributed by atoms with van der Waals surface area (Å²) in [6, 6.07) is 4.17. The molecular formula is C22H25N3S. The van der Waals surface area contributed by atoms with E-state index in [-0.39, 0.29) is 5.41 Å². The molecule has 2 aromatic rings. The fraction of sp³-hybridized carbons (Fsp3) is 0.409. The molecule has 4 rings (SSSR count). The minimum atomic E-state index is 0.234. The van der Waals surface area contributed by atoms with Gasteiger partial charge in [-0.1, -0.05) is 25.1 Å². The van der Waals surface area contributed by atoms with E-state index >= 15 is 0 Å². The molecule has 1 saturated carbocycles. The van der Waals surface area contributed by atoms with E-state index in [4.69, 9.17) is 15.0 Å². The molecule has 4 heteroatoms. The number of rotatable bonds is 4. The van der Waals surface area contributed by atoms with Crippen molar-refractivity contribution in [2.24, 2.45) is 22.2 Å². The van der Waals surface area contributed by atoms with Gasteiger partial charge in [0, 0.05) is 45.7 Å². The van der Waals surface area contributed by atoms with Crippen molar-refractivity contribution in [1.29, 1.82) is 0 Å². The Morgan fingerprint density at radius 1 is 1.23 bits per heavy atom. The second-order valence-corrected chi connectivity index (χ2v) is 8.54.